The maximum atomic E-state index is 12.8. The number of ketones is 1. The van der Waals surface area contributed by atoms with E-state index in [2.05, 4.69) is 9.58 Å². The summed E-state index contributed by atoms with van der Waals surface area (Å²) in [5.74, 6) is -0.623. The Bertz CT molecular complexity index is 1100. The SMILES string of the molecule is [C-]#[N+]c1ccc(CC(=O)COC2CCN(S(=O)(=O)c3ccc(OC(F)(F)F)cc3)CC2)cc1. The van der Waals surface area contributed by atoms with Gasteiger partial charge in [0, 0.05) is 19.5 Å². The quantitative estimate of drug-likeness (QED) is 0.529. The van der Waals surface area contributed by atoms with Gasteiger partial charge in [-0.25, -0.2) is 13.3 Å². The fraction of sp³-hybridized carbons (Fsp3) is 0.364. The summed E-state index contributed by atoms with van der Waals surface area (Å²) in [7, 11) is -3.87. The number of sulfonamides is 1. The molecule has 0 atom stereocenters. The van der Waals surface area contributed by atoms with Crippen LogP contribution in [0.2, 0.25) is 0 Å². The third kappa shape index (κ3) is 7.02. The van der Waals surface area contributed by atoms with Crippen LogP contribution in [0.4, 0.5) is 18.9 Å². The molecule has 176 valence electrons. The van der Waals surface area contributed by atoms with E-state index in [9.17, 15) is 26.4 Å². The minimum absolute atomic E-state index is 0.0946. The van der Waals surface area contributed by atoms with Gasteiger partial charge >= 0.3 is 6.36 Å². The molecule has 1 aliphatic rings. The molecule has 1 heterocycles. The molecule has 0 radical (unpaired) electrons. The number of benzene rings is 2. The minimum atomic E-state index is -4.85. The van der Waals surface area contributed by atoms with E-state index in [0.29, 0.717) is 18.5 Å². The molecule has 0 N–H and O–H groups in total. The van der Waals surface area contributed by atoms with E-state index < -0.39 is 22.1 Å². The van der Waals surface area contributed by atoms with Gasteiger partial charge in [-0.1, -0.05) is 24.3 Å². The molecule has 1 aliphatic heterocycles. The summed E-state index contributed by atoms with van der Waals surface area (Å²) in [5, 5.41) is 0. The number of rotatable bonds is 8. The van der Waals surface area contributed by atoms with Gasteiger partial charge in [-0.3, -0.25) is 4.79 Å². The van der Waals surface area contributed by atoms with Gasteiger partial charge in [0.25, 0.3) is 0 Å². The van der Waals surface area contributed by atoms with Gasteiger partial charge in [-0.15, -0.1) is 13.2 Å². The molecule has 0 saturated carbocycles. The van der Waals surface area contributed by atoms with Gasteiger partial charge in [0.1, 0.15) is 12.4 Å². The topological polar surface area (TPSA) is 77.3 Å². The molecular formula is C22H21F3N2O5S. The number of Topliss-reactive ketones (excluding diaryl/α,β-unsaturated/α-hetero) is 1. The van der Waals surface area contributed by atoms with Gasteiger partial charge in [0.05, 0.1) is 17.6 Å². The number of carbonyl (C=O) groups is 1. The Labute approximate surface area is 189 Å². The lowest BCUT2D eigenvalue weighted by molar-refractivity contribution is -0.274. The monoisotopic (exact) mass is 482 g/mol. The molecule has 0 aliphatic carbocycles. The van der Waals surface area contributed by atoms with Crippen molar-refractivity contribution in [3.05, 3.63) is 65.5 Å². The molecule has 33 heavy (non-hydrogen) atoms. The van der Waals surface area contributed by atoms with Gasteiger partial charge in [0.15, 0.2) is 11.5 Å². The number of halogens is 3. The molecule has 1 fully saturated rings. The minimum Gasteiger partial charge on any atom is -0.406 e. The number of ether oxygens (including phenoxy) is 2. The van der Waals surface area contributed by atoms with E-state index >= 15 is 0 Å². The predicted octanol–water partition coefficient (Wildman–Crippen LogP) is 4.12. The highest BCUT2D eigenvalue weighted by molar-refractivity contribution is 7.89. The number of hydrogen-bond acceptors (Lipinski definition) is 5. The van der Waals surface area contributed by atoms with Crippen LogP contribution in [0.3, 0.4) is 0 Å². The zero-order chi connectivity index (χ0) is 24.1. The molecule has 11 heteroatoms. The molecule has 3 rings (SSSR count). The van der Waals surface area contributed by atoms with Crippen LogP contribution >= 0.6 is 0 Å². The predicted molar refractivity (Wildman–Crippen MR) is 112 cm³/mol. The Kier molecular flexibility index (Phi) is 7.73. The van der Waals surface area contributed by atoms with Crippen LogP contribution in [0, 0.1) is 6.57 Å². The Balaban J connectivity index is 1.47. The van der Waals surface area contributed by atoms with Crippen molar-refractivity contribution in [2.45, 2.75) is 36.6 Å². The van der Waals surface area contributed by atoms with Crippen LogP contribution in [-0.4, -0.2) is 50.7 Å². The Morgan fingerprint density at radius 2 is 1.67 bits per heavy atom. The van der Waals surface area contributed by atoms with Crippen molar-refractivity contribution in [1.29, 1.82) is 0 Å². The Hall–Kier alpha value is -2.94. The van der Waals surface area contributed by atoms with E-state index in [4.69, 9.17) is 11.3 Å². The lowest BCUT2D eigenvalue weighted by Gasteiger charge is -2.31. The smallest absolute Gasteiger partial charge is 0.406 e. The third-order valence-corrected chi connectivity index (χ3v) is 6.96. The van der Waals surface area contributed by atoms with Crippen molar-refractivity contribution in [3.63, 3.8) is 0 Å². The number of alkyl halides is 3. The molecule has 1 saturated heterocycles. The average molecular weight is 482 g/mol. The number of nitrogens with zero attached hydrogens (tertiary/aromatic N) is 2. The number of hydrogen-bond donors (Lipinski definition) is 0. The average Bonchev–Trinajstić information content (AvgIpc) is 2.78. The second-order valence-corrected chi connectivity index (χ2v) is 9.37. The summed E-state index contributed by atoms with van der Waals surface area (Å²) in [6.07, 6.45) is -4.16. The molecule has 2 aromatic carbocycles. The van der Waals surface area contributed by atoms with Crippen molar-refractivity contribution in [2.24, 2.45) is 0 Å². The van der Waals surface area contributed by atoms with Crippen molar-refractivity contribution in [1.82, 2.24) is 4.31 Å². The van der Waals surface area contributed by atoms with Crippen LogP contribution in [0.1, 0.15) is 18.4 Å². The Morgan fingerprint density at radius 3 is 2.21 bits per heavy atom. The molecule has 0 unspecified atom stereocenters. The van der Waals surface area contributed by atoms with E-state index in [-0.39, 0.29) is 42.9 Å². The van der Waals surface area contributed by atoms with Crippen molar-refractivity contribution in [3.8, 4) is 5.75 Å². The van der Waals surface area contributed by atoms with Crippen LogP contribution in [0.25, 0.3) is 4.85 Å². The molecule has 0 spiro atoms. The van der Waals surface area contributed by atoms with E-state index in [1.807, 2.05) is 0 Å². The summed E-state index contributed by atoms with van der Waals surface area (Å²) in [5.41, 5.74) is 1.28. The van der Waals surface area contributed by atoms with Gasteiger partial charge < -0.3 is 9.47 Å². The molecule has 2 aromatic rings. The lowest BCUT2D eigenvalue weighted by atomic mass is 10.1. The van der Waals surface area contributed by atoms with Crippen molar-refractivity contribution >= 4 is 21.5 Å². The molecule has 0 amide bonds. The highest BCUT2D eigenvalue weighted by atomic mass is 32.2. The number of carbonyl (C=O) groups excluding carboxylic acids is 1. The highest BCUT2D eigenvalue weighted by Gasteiger charge is 2.32. The second kappa shape index (κ2) is 10.3. The third-order valence-electron chi connectivity index (χ3n) is 5.04. The van der Waals surface area contributed by atoms with Crippen LogP contribution in [0.15, 0.2) is 53.4 Å². The first-order valence-electron chi connectivity index (χ1n) is 10.0. The summed E-state index contributed by atoms with van der Waals surface area (Å²) >= 11 is 0. The molecular weight excluding hydrogens is 461 g/mol. The van der Waals surface area contributed by atoms with Gasteiger partial charge in [-0.05, 0) is 42.7 Å². The van der Waals surface area contributed by atoms with Crippen LogP contribution in [-0.2, 0) is 26.0 Å². The number of piperidine rings is 1. The fourth-order valence-electron chi connectivity index (χ4n) is 3.38. The maximum Gasteiger partial charge on any atom is 0.573 e. The molecule has 0 aromatic heterocycles. The zero-order valence-corrected chi connectivity index (χ0v) is 18.2. The van der Waals surface area contributed by atoms with E-state index in [1.54, 1.807) is 24.3 Å². The van der Waals surface area contributed by atoms with Crippen molar-refractivity contribution in [2.75, 3.05) is 19.7 Å². The first-order chi connectivity index (χ1) is 15.6. The first kappa shape index (κ1) is 24.7. The molecule has 0 bridgehead atoms. The van der Waals surface area contributed by atoms with E-state index in [1.165, 1.54) is 4.31 Å². The zero-order valence-electron chi connectivity index (χ0n) is 17.4. The Morgan fingerprint density at radius 1 is 1.06 bits per heavy atom. The summed E-state index contributed by atoms with van der Waals surface area (Å²) < 4.78 is 72.9. The van der Waals surface area contributed by atoms with Crippen molar-refractivity contribution < 1.29 is 35.9 Å². The van der Waals surface area contributed by atoms with Crippen LogP contribution < -0.4 is 4.74 Å². The maximum absolute atomic E-state index is 12.8. The van der Waals surface area contributed by atoms with Gasteiger partial charge in [0.2, 0.25) is 10.0 Å². The van der Waals surface area contributed by atoms with E-state index in [0.717, 1.165) is 29.8 Å². The largest absolute Gasteiger partial charge is 0.573 e. The molecule has 7 nitrogen and oxygen atoms in total. The second-order valence-electron chi connectivity index (χ2n) is 7.43. The normalized spacial score (nSPS) is 15.7. The summed E-state index contributed by atoms with van der Waals surface area (Å²) in [4.78, 5) is 15.3. The summed E-state index contributed by atoms with van der Waals surface area (Å²) in [6, 6.07) is 10.8. The fourth-order valence-corrected chi connectivity index (χ4v) is 4.85. The standard InChI is InChI=1S/C22H21F3N2O5S/c1-26-17-4-2-16(3-5-17)14-18(28)15-31-19-10-12-27(13-11-19)33(29,30)21-8-6-20(7-9-21)32-22(23,24)25/h2-9,19H,10-15H2. The van der Waals surface area contributed by atoms with Crippen LogP contribution in [0.5, 0.6) is 5.75 Å². The first-order valence-corrected chi connectivity index (χ1v) is 11.5. The highest BCUT2D eigenvalue weighted by Crippen LogP contribution is 2.26. The van der Waals surface area contributed by atoms with Gasteiger partial charge in [-0.2, -0.15) is 4.31 Å². The lowest BCUT2D eigenvalue weighted by Crippen LogP contribution is -2.41. The summed E-state index contributed by atoms with van der Waals surface area (Å²) in [6.45, 7) is 7.17.